The molecule has 1 N–H and O–H groups in total. The van der Waals surface area contributed by atoms with Crippen LogP contribution in [0.5, 0.6) is 11.5 Å². The Labute approximate surface area is 267 Å². The third kappa shape index (κ3) is 6.62. The Morgan fingerprint density at radius 3 is 2.53 bits per heavy atom. The number of thioether (sulfide) groups is 1. The number of carbonyl (C=O) groups excluding carboxylic acids is 2. The Balaban J connectivity index is 1.46. The third-order valence-corrected chi connectivity index (χ3v) is 8.57. The summed E-state index contributed by atoms with van der Waals surface area (Å²) in [6.45, 7) is 3.94. The minimum atomic E-state index is -0.753. The molecule has 1 aliphatic rings. The first-order valence-electron chi connectivity index (χ1n) is 13.5. The van der Waals surface area contributed by atoms with Crippen LogP contribution in [0.25, 0.3) is 16.8 Å². The molecule has 0 spiro atoms. The highest BCUT2D eigenvalue weighted by Crippen LogP contribution is 2.41. The Morgan fingerprint density at radius 1 is 1.02 bits per heavy atom. The average Bonchev–Trinajstić information content (AvgIpc) is 3.30. The zero-order chi connectivity index (χ0) is 30.5. The molecule has 5 rings (SSSR count). The van der Waals surface area contributed by atoms with Crippen molar-refractivity contribution in [3.63, 3.8) is 0 Å². The van der Waals surface area contributed by atoms with E-state index in [0.29, 0.717) is 34.1 Å². The van der Waals surface area contributed by atoms with E-state index in [9.17, 15) is 14.7 Å². The van der Waals surface area contributed by atoms with E-state index in [4.69, 9.17) is 14.2 Å². The summed E-state index contributed by atoms with van der Waals surface area (Å²) in [6, 6.07) is 25.0. The normalized spacial score (nSPS) is 14.9. The van der Waals surface area contributed by atoms with E-state index >= 15 is 0 Å². The van der Waals surface area contributed by atoms with Gasteiger partial charge in [-0.3, -0.25) is 4.79 Å². The molecule has 0 saturated heterocycles. The second kappa shape index (κ2) is 13.5. The summed E-state index contributed by atoms with van der Waals surface area (Å²) in [5, 5.41) is 13.4. The molecule has 43 heavy (non-hydrogen) atoms. The summed E-state index contributed by atoms with van der Waals surface area (Å²) in [5.74, 6) is -0.461. The van der Waals surface area contributed by atoms with Gasteiger partial charge in [0.2, 0.25) is 0 Å². The number of hydrogen-bond acceptors (Lipinski definition) is 7. The summed E-state index contributed by atoms with van der Waals surface area (Å²) < 4.78 is 17.9. The predicted molar refractivity (Wildman–Crippen MR) is 179 cm³/mol. The number of aliphatic hydroxyl groups excluding tert-OH is 1. The van der Waals surface area contributed by atoms with Crippen molar-refractivity contribution in [2.45, 2.75) is 20.5 Å². The number of nitrogens with zero attached hydrogens (tertiary/aromatic N) is 1. The number of methoxy groups -OCH3 is 1. The van der Waals surface area contributed by atoms with Crippen molar-refractivity contribution in [2.75, 3.05) is 13.7 Å². The van der Waals surface area contributed by atoms with Crippen LogP contribution in [0.2, 0.25) is 0 Å². The number of benzene rings is 4. The molecule has 1 heterocycles. The first-order valence-corrected chi connectivity index (χ1v) is 15.4. The standard InChI is InChI=1S/C34H28INO6S/c1-4-41-34(39)29-30(37)28(43-33(29)36-32(38)24-14-7-5-10-20(24)2)18-21-16-26(35)31(27(17-21)40-3)42-19-23-13-9-12-22-11-6-8-15-25(22)23/h5-18,37H,4,19H2,1-3H3/b28-18-,36-33?. The molecule has 4 aromatic carbocycles. The molecule has 0 unspecified atom stereocenters. The number of rotatable bonds is 8. The summed E-state index contributed by atoms with van der Waals surface area (Å²) in [4.78, 5) is 30.4. The number of aliphatic hydroxyl groups is 1. The molecule has 1 aliphatic heterocycles. The quantitative estimate of drug-likeness (QED) is 0.147. The van der Waals surface area contributed by atoms with Crippen LogP contribution < -0.4 is 9.47 Å². The van der Waals surface area contributed by atoms with Crippen molar-refractivity contribution < 1.29 is 28.9 Å². The van der Waals surface area contributed by atoms with E-state index in [1.54, 1.807) is 38.3 Å². The van der Waals surface area contributed by atoms with Gasteiger partial charge in [-0.1, -0.05) is 72.4 Å². The molecule has 9 heteroatoms. The Kier molecular flexibility index (Phi) is 9.52. The molecule has 1 amide bonds. The van der Waals surface area contributed by atoms with Crippen molar-refractivity contribution >= 4 is 68.1 Å². The molecule has 0 atom stereocenters. The van der Waals surface area contributed by atoms with Gasteiger partial charge >= 0.3 is 5.97 Å². The average molecular weight is 706 g/mol. The largest absolute Gasteiger partial charge is 0.506 e. The zero-order valence-corrected chi connectivity index (χ0v) is 26.7. The minimum Gasteiger partial charge on any atom is -0.506 e. The number of carbonyl (C=O) groups is 2. The Bertz CT molecular complexity index is 1820. The predicted octanol–water partition coefficient (Wildman–Crippen LogP) is 8.04. The molecule has 0 bridgehead atoms. The fraction of sp³-hybridized carbons (Fsp3) is 0.147. The maximum absolute atomic E-state index is 13.0. The molecule has 4 aromatic rings. The van der Waals surface area contributed by atoms with Gasteiger partial charge in [0.15, 0.2) is 11.5 Å². The number of aryl methyl sites for hydroxylation is 1. The first-order chi connectivity index (χ1) is 20.8. The topological polar surface area (TPSA) is 94.4 Å². The smallest absolute Gasteiger partial charge is 0.344 e. The number of amides is 1. The highest BCUT2D eigenvalue weighted by Gasteiger charge is 2.34. The molecule has 218 valence electrons. The van der Waals surface area contributed by atoms with Crippen LogP contribution in [0, 0.1) is 10.5 Å². The van der Waals surface area contributed by atoms with Gasteiger partial charge in [-0.25, -0.2) is 9.79 Å². The number of ether oxygens (including phenoxy) is 3. The van der Waals surface area contributed by atoms with Crippen LogP contribution in [0.1, 0.15) is 34.0 Å². The molecular formula is C34H28INO6S. The van der Waals surface area contributed by atoms with Crippen LogP contribution in [0.15, 0.2) is 100 Å². The maximum Gasteiger partial charge on any atom is 0.344 e. The van der Waals surface area contributed by atoms with Gasteiger partial charge in [0.1, 0.15) is 23.0 Å². The van der Waals surface area contributed by atoms with Gasteiger partial charge in [0, 0.05) is 5.56 Å². The lowest BCUT2D eigenvalue weighted by molar-refractivity contribution is -0.138. The molecule has 0 saturated carbocycles. The van der Waals surface area contributed by atoms with Gasteiger partial charge < -0.3 is 19.3 Å². The van der Waals surface area contributed by atoms with Crippen molar-refractivity contribution in [2.24, 2.45) is 4.99 Å². The van der Waals surface area contributed by atoms with Crippen LogP contribution in [-0.2, 0) is 16.1 Å². The van der Waals surface area contributed by atoms with Crippen molar-refractivity contribution in [1.29, 1.82) is 0 Å². The molecule has 0 radical (unpaired) electrons. The fourth-order valence-corrected chi connectivity index (χ4v) is 6.43. The summed E-state index contributed by atoms with van der Waals surface area (Å²) in [5.41, 5.74) is 2.78. The lowest BCUT2D eigenvalue weighted by Crippen LogP contribution is -2.14. The second-order valence-electron chi connectivity index (χ2n) is 9.55. The number of fused-ring (bicyclic) bond motifs is 1. The van der Waals surface area contributed by atoms with Crippen LogP contribution in [-0.4, -0.2) is 35.7 Å². The fourth-order valence-electron chi connectivity index (χ4n) is 4.64. The van der Waals surface area contributed by atoms with E-state index < -0.39 is 11.9 Å². The maximum atomic E-state index is 13.0. The van der Waals surface area contributed by atoms with Crippen molar-refractivity contribution in [3.8, 4) is 11.5 Å². The van der Waals surface area contributed by atoms with Crippen LogP contribution in [0.3, 0.4) is 0 Å². The van der Waals surface area contributed by atoms with Crippen LogP contribution in [0.4, 0.5) is 0 Å². The first kappa shape index (κ1) is 30.4. The van der Waals surface area contributed by atoms with Gasteiger partial charge in [0.05, 0.1) is 22.2 Å². The van der Waals surface area contributed by atoms with Gasteiger partial charge in [-0.05, 0) is 88.2 Å². The molecule has 7 nitrogen and oxygen atoms in total. The summed E-state index contributed by atoms with van der Waals surface area (Å²) >= 11 is 3.21. The van der Waals surface area contributed by atoms with Crippen LogP contribution >= 0.6 is 34.4 Å². The van der Waals surface area contributed by atoms with E-state index in [1.165, 1.54) is 0 Å². The van der Waals surface area contributed by atoms with Gasteiger partial charge in [-0.15, -0.1) is 0 Å². The third-order valence-electron chi connectivity index (χ3n) is 6.75. The van der Waals surface area contributed by atoms with E-state index in [0.717, 1.165) is 37.2 Å². The molecule has 0 aromatic heterocycles. The molecule has 0 fully saturated rings. The second-order valence-corrected chi connectivity index (χ2v) is 11.7. The van der Waals surface area contributed by atoms with Crippen molar-refractivity contribution in [1.82, 2.24) is 0 Å². The van der Waals surface area contributed by atoms with Gasteiger partial charge in [0.25, 0.3) is 5.91 Å². The highest BCUT2D eigenvalue weighted by molar-refractivity contribution is 14.1. The minimum absolute atomic E-state index is 0.0761. The zero-order valence-electron chi connectivity index (χ0n) is 23.7. The summed E-state index contributed by atoms with van der Waals surface area (Å²) in [6.07, 6.45) is 1.71. The SMILES string of the molecule is CCOC(=O)C1=C(O)/C(=C/c2cc(I)c(OCc3cccc4ccccc34)c(OC)c2)SC1=NC(=O)c1ccccc1C. The van der Waals surface area contributed by atoms with E-state index in [2.05, 4.69) is 45.8 Å². The van der Waals surface area contributed by atoms with Gasteiger partial charge in [-0.2, -0.15) is 0 Å². The van der Waals surface area contributed by atoms with E-state index in [-0.39, 0.29) is 23.0 Å². The molecular weight excluding hydrogens is 677 g/mol. The highest BCUT2D eigenvalue weighted by atomic mass is 127. The lowest BCUT2D eigenvalue weighted by atomic mass is 10.1. The lowest BCUT2D eigenvalue weighted by Gasteiger charge is -2.15. The number of halogens is 1. The van der Waals surface area contributed by atoms with Crippen molar-refractivity contribution in [3.05, 3.63) is 121 Å². The number of esters is 1. The molecule has 0 aliphatic carbocycles. The monoisotopic (exact) mass is 705 g/mol. The Hall–Kier alpha value is -4.09. The Morgan fingerprint density at radius 2 is 1.77 bits per heavy atom. The van der Waals surface area contributed by atoms with E-state index in [1.807, 2.05) is 49.4 Å². The summed E-state index contributed by atoms with van der Waals surface area (Å²) in [7, 11) is 1.57. The number of aliphatic imine (C=N–C) groups is 1. The number of hydrogen-bond donors (Lipinski definition) is 1.